The van der Waals surface area contributed by atoms with Crippen LogP contribution < -0.4 is 5.32 Å². The summed E-state index contributed by atoms with van der Waals surface area (Å²) < 4.78 is 0. The molecule has 1 aliphatic carbocycles. The van der Waals surface area contributed by atoms with Crippen molar-refractivity contribution in [3.05, 3.63) is 0 Å². The van der Waals surface area contributed by atoms with E-state index in [0.717, 1.165) is 18.4 Å². The van der Waals surface area contributed by atoms with Gasteiger partial charge in [0.05, 0.1) is 0 Å². The molecule has 2 rings (SSSR count). The fraction of sp³-hybridized carbons (Fsp3) is 0.933. The highest BCUT2D eigenvalue weighted by Crippen LogP contribution is 2.30. The van der Waals surface area contributed by atoms with Gasteiger partial charge >= 0.3 is 0 Å². The maximum Gasteiger partial charge on any atom is 0.156 e. The van der Waals surface area contributed by atoms with Crippen molar-refractivity contribution in [3.63, 3.8) is 0 Å². The minimum atomic E-state index is 0.240. The molecule has 2 nitrogen and oxygen atoms in total. The number of nitrogens with one attached hydrogen (secondary N) is 1. The Balaban J connectivity index is 1.71. The summed E-state index contributed by atoms with van der Waals surface area (Å²) in [4.78, 5) is 4.76. The van der Waals surface area contributed by atoms with Crippen molar-refractivity contribution < 1.29 is 0 Å². The molecule has 1 saturated heterocycles. The standard InChI is InChI=1S/C15H28N2S/c1-12-4-6-13(7-5-12)8-10-16-14-17-15(2,3)9-11-18-14/h12-13H,4-11H2,1-3H3,(H,16,17). The van der Waals surface area contributed by atoms with Crippen molar-refractivity contribution in [2.45, 2.75) is 64.8 Å². The van der Waals surface area contributed by atoms with Gasteiger partial charge in [0.15, 0.2) is 5.17 Å². The molecule has 104 valence electrons. The summed E-state index contributed by atoms with van der Waals surface area (Å²) >= 11 is 1.89. The zero-order valence-electron chi connectivity index (χ0n) is 12.2. The topological polar surface area (TPSA) is 24.4 Å². The summed E-state index contributed by atoms with van der Waals surface area (Å²) in [6.07, 6.45) is 8.24. The van der Waals surface area contributed by atoms with Crippen LogP contribution in [0.1, 0.15) is 59.3 Å². The van der Waals surface area contributed by atoms with E-state index in [9.17, 15) is 0 Å². The fourth-order valence-electron chi connectivity index (χ4n) is 2.84. The van der Waals surface area contributed by atoms with Crippen molar-refractivity contribution in [1.82, 2.24) is 5.32 Å². The lowest BCUT2D eigenvalue weighted by Gasteiger charge is -2.32. The molecule has 0 unspecified atom stereocenters. The Morgan fingerprint density at radius 1 is 1.28 bits per heavy atom. The van der Waals surface area contributed by atoms with Crippen LogP contribution in [0.25, 0.3) is 0 Å². The first-order valence-corrected chi connectivity index (χ1v) is 8.49. The van der Waals surface area contributed by atoms with Crippen LogP contribution in [0.5, 0.6) is 0 Å². The van der Waals surface area contributed by atoms with Crippen LogP contribution in [-0.2, 0) is 0 Å². The van der Waals surface area contributed by atoms with Crippen molar-refractivity contribution in [3.8, 4) is 0 Å². The molecular weight excluding hydrogens is 240 g/mol. The second-order valence-corrected chi connectivity index (χ2v) is 7.79. The number of hydrogen-bond acceptors (Lipinski definition) is 2. The number of hydrogen-bond donors (Lipinski definition) is 1. The van der Waals surface area contributed by atoms with Crippen LogP contribution in [-0.4, -0.2) is 23.0 Å². The van der Waals surface area contributed by atoms with E-state index in [-0.39, 0.29) is 5.54 Å². The number of thioether (sulfide) groups is 1. The van der Waals surface area contributed by atoms with Gasteiger partial charge in [0.25, 0.3) is 0 Å². The van der Waals surface area contributed by atoms with Crippen LogP contribution in [0.15, 0.2) is 4.99 Å². The van der Waals surface area contributed by atoms with Crippen LogP contribution in [0.2, 0.25) is 0 Å². The molecule has 3 heteroatoms. The second-order valence-electron chi connectivity index (χ2n) is 6.71. The summed E-state index contributed by atoms with van der Waals surface area (Å²) in [5.74, 6) is 3.11. The number of amidine groups is 1. The lowest BCUT2D eigenvalue weighted by molar-refractivity contribution is 0.280. The molecule has 0 bridgehead atoms. The Kier molecular flexibility index (Phi) is 4.99. The quantitative estimate of drug-likeness (QED) is 0.834. The fourth-order valence-corrected chi connectivity index (χ4v) is 4.18. The van der Waals surface area contributed by atoms with E-state index in [1.165, 1.54) is 49.4 Å². The van der Waals surface area contributed by atoms with Gasteiger partial charge in [-0.2, -0.15) is 0 Å². The van der Waals surface area contributed by atoms with E-state index in [2.05, 4.69) is 26.1 Å². The second kappa shape index (κ2) is 6.31. The third kappa shape index (κ3) is 4.49. The van der Waals surface area contributed by atoms with Crippen molar-refractivity contribution >= 4 is 16.9 Å². The molecule has 0 aromatic rings. The summed E-state index contributed by atoms with van der Waals surface area (Å²) in [6, 6.07) is 0. The minimum absolute atomic E-state index is 0.240. The molecule has 0 aromatic heterocycles. The molecule has 0 aromatic carbocycles. The van der Waals surface area contributed by atoms with Gasteiger partial charge in [-0.05, 0) is 38.5 Å². The molecule has 0 atom stereocenters. The van der Waals surface area contributed by atoms with Gasteiger partial charge in [0.2, 0.25) is 0 Å². The van der Waals surface area contributed by atoms with E-state index in [1.807, 2.05) is 11.8 Å². The Labute approximate surface area is 116 Å². The highest BCUT2D eigenvalue weighted by atomic mass is 32.2. The summed E-state index contributed by atoms with van der Waals surface area (Å²) in [6.45, 7) is 7.95. The van der Waals surface area contributed by atoms with Crippen LogP contribution >= 0.6 is 11.8 Å². The average Bonchev–Trinajstić information content (AvgIpc) is 2.30. The molecular formula is C15H28N2S. The third-order valence-corrected chi connectivity index (χ3v) is 5.25. The van der Waals surface area contributed by atoms with E-state index >= 15 is 0 Å². The van der Waals surface area contributed by atoms with Crippen LogP contribution in [0.3, 0.4) is 0 Å². The van der Waals surface area contributed by atoms with E-state index in [0.29, 0.717) is 0 Å². The number of nitrogens with zero attached hydrogens (tertiary/aromatic N) is 1. The smallest absolute Gasteiger partial charge is 0.156 e. The lowest BCUT2D eigenvalue weighted by atomic mass is 9.81. The molecule has 0 spiro atoms. The van der Waals surface area contributed by atoms with E-state index in [4.69, 9.17) is 4.99 Å². The Bertz CT molecular complexity index is 291. The van der Waals surface area contributed by atoms with Crippen molar-refractivity contribution in [2.24, 2.45) is 16.8 Å². The average molecular weight is 268 g/mol. The van der Waals surface area contributed by atoms with Gasteiger partial charge in [-0.3, -0.25) is 4.99 Å². The summed E-state index contributed by atoms with van der Waals surface area (Å²) in [7, 11) is 0. The van der Waals surface area contributed by atoms with E-state index < -0.39 is 0 Å². The highest BCUT2D eigenvalue weighted by Gasteiger charge is 2.24. The number of rotatable bonds is 3. The zero-order valence-corrected chi connectivity index (χ0v) is 13.0. The normalized spacial score (nSPS) is 34.3. The van der Waals surface area contributed by atoms with Crippen molar-refractivity contribution in [2.75, 3.05) is 12.3 Å². The van der Waals surface area contributed by atoms with Gasteiger partial charge in [0.1, 0.15) is 0 Å². The van der Waals surface area contributed by atoms with Gasteiger partial charge < -0.3 is 5.32 Å². The van der Waals surface area contributed by atoms with Gasteiger partial charge in [0, 0.05) is 17.8 Å². The molecule has 1 N–H and O–H groups in total. The molecule has 2 aliphatic rings. The molecule has 1 saturated carbocycles. The molecule has 0 radical (unpaired) electrons. The lowest BCUT2D eigenvalue weighted by Crippen LogP contribution is -2.46. The Morgan fingerprint density at radius 2 is 2.00 bits per heavy atom. The highest BCUT2D eigenvalue weighted by molar-refractivity contribution is 8.13. The molecule has 1 aliphatic heterocycles. The minimum Gasteiger partial charge on any atom is -0.360 e. The molecule has 0 amide bonds. The Hall–Kier alpha value is -0.180. The van der Waals surface area contributed by atoms with Crippen molar-refractivity contribution in [1.29, 1.82) is 0 Å². The van der Waals surface area contributed by atoms with Gasteiger partial charge in [-0.25, -0.2) is 0 Å². The molecule has 1 heterocycles. The monoisotopic (exact) mass is 268 g/mol. The van der Waals surface area contributed by atoms with Crippen LogP contribution in [0, 0.1) is 11.8 Å². The number of aliphatic imine (C=N–C) groups is 1. The third-order valence-electron chi connectivity index (χ3n) is 4.34. The first-order valence-electron chi connectivity index (χ1n) is 7.50. The predicted octanol–water partition coefficient (Wildman–Crippen LogP) is 4.06. The van der Waals surface area contributed by atoms with Gasteiger partial charge in [-0.15, -0.1) is 0 Å². The maximum absolute atomic E-state index is 4.76. The largest absolute Gasteiger partial charge is 0.360 e. The Morgan fingerprint density at radius 3 is 2.67 bits per heavy atom. The summed E-state index contributed by atoms with van der Waals surface area (Å²) in [5.41, 5.74) is 0.240. The zero-order chi connectivity index (χ0) is 13.0. The first kappa shape index (κ1) is 14.2. The summed E-state index contributed by atoms with van der Waals surface area (Å²) in [5, 5.41) is 4.73. The first-order chi connectivity index (χ1) is 8.55. The van der Waals surface area contributed by atoms with Gasteiger partial charge in [-0.1, -0.05) is 44.4 Å². The molecule has 18 heavy (non-hydrogen) atoms. The predicted molar refractivity (Wildman–Crippen MR) is 82.3 cm³/mol. The van der Waals surface area contributed by atoms with E-state index in [1.54, 1.807) is 0 Å². The van der Waals surface area contributed by atoms with Crippen LogP contribution in [0.4, 0.5) is 0 Å². The SMILES string of the molecule is CC1CCC(CCN=C2NC(C)(C)CCS2)CC1. The molecule has 2 fully saturated rings. The maximum atomic E-state index is 4.76.